The average Bonchev–Trinajstić information content (AvgIpc) is 3.38. The number of aliphatic hydroxyl groups excluding tert-OH is 1. The summed E-state index contributed by atoms with van der Waals surface area (Å²) in [5.74, 6) is -1.86. The van der Waals surface area contributed by atoms with Crippen LogP contribution in [0.4, 0.5) is 0 Å². The van der Waals surface area contributed by atoms with Crippen molar-refractivity contribution in [2.75, 3.05) is 6.61 Å². The van der Waals surface area contributed by atoms with Gasteiger partial charge in [-0.25, -0.2) is 0 Å². The summed E-state index contributed by atoms with van der Waals surface area (Å²) < 4.78 is 44.6. The van der Waals surface area contributed by atoms with Crippen LogP contribution in [0.3, 0.4) is 0 Å². The fourth-order valence-corrected chi connectivity index (χ4v) is 4.54. The van der Waals surface area contributed by atoms with Gasteiger partial charge in [0.05, 0.1) is 6.61 Å². The van der Waals surface area contributed by atoms with E-state index in [0.29, 0.717) is 6.61 Å². The third-order valence-corrected chi connectivity index (χ3v) is 6.00. The van der Waals surface area contributed by atoms with Crippen LogP contribution < -0.4 is 0 Å². The first-order valence-corrected chi connectivity index (χ1v) is 10.8. The molecule has 0 aromatic rings. The Morgan fingerprint density at radius 3 is 1.84 bits per heavy atom. The van der Waals surface area contributed by atoms with E-state index in [1.54, 1.807) is 13.8 Å². The lowest BCUT2D eigenvalue weighted by Gasteiger charge is -2.26. The number of carbonyl (C=O) groups excluding carboxylic acids is 1. The maximum absolute atomic E-state index is 10.6. The highest BCUT2D eigenvalue weighted by molar-refractivity contribution is 5.57. The van der Waals surface area contributed by atoms with Crippen molar-refractivity contribution in [1.82, 2.24) is 0 Å². The Balaban J connectivity index is 0.000000158. The van der Waals surface area contributed by atoms with Crippen LogP contribution in [0.5, 0.6) is 0 Å². The number of hydrogen-bond acceptors (Lipinski definition) is 10. The van der Waals surface area contributed by atoms with Crippen molar-refractivity contribution < 1.29 is 47.8 Å². The fraction of sp³-hybridized carbons (Fsp3) is 0.952. The number of aldehydes is 1. The molecule has 0 radical (unpaired) electrons. The predicted octanol–water partition coefficient (Wildman–Crippen LogP) is 1.07. The van der Waals surface area contributed by atoms with E-state index in [1.165, 1.54) is 0 Å². The Morgan fingerprint density at radius 1 is 0.774 bits per heavy atom. The molecule has 1 N–H and O–H groups in total. The molecule has 0 spiro atoms. The van der Waals surface area contributed by atoms with Gasteiger partial charge in [0.2, 0.25) is 0 Å². The fourth-order valence-electron chi connectivity index (χ4n) is 4.54. The summed E-state index contributed by atoms with van der Waals surface area (Å²) in [6.45, 7) is 13.3. The van der Waals surface area contributed by atoms with E-state index in [4.69, 9.17) is 37.9 Å². The monoisotopic (exact) mass is 446 g/mol. The maximum atomic E-state index is 10.6. The first-order chi connectivity index (χ1) is 14.3. The summed E-state index contributed by atoms with van der Waals surface area (Å²) >= 11 is 0. The van der Waals surface area contributed by atoms with E-state index in [9.17, 15) is 9.90 Å². The van der Waals surface area contributed by atoms with E-state index >= 15 is 0 Å². The van der Waals surface area contributed by atoms with Gasteiger partial charge in [-0.15, -0.1) is 0 Å². The lowest BCUT2D eigenvalue weighted by Crippen LogP contribution is -2.42. The molecule has 5 fully saturated rings. The highest BCUT2D eigenvalue weighted by Gasteiger charge is 2.58. The van der Waals surface area contributed by atoms with Crippen molar-refractivity contribution in [3.63, 3.8) is 0 Å². The van der Waals surface area contributed by atoms with Gasteiger partial charge >= 0.3 is 0 Å². The van der Waals surface area contributed by atoms with Gasteiger partial charge in [-0.05, 0) is 41.5 Å². The Labute approximate surface area is 182 Å². The standard InChI is InChI=1S/C12H20O6.C9H14O4/c1-11(2)14-5-6(16-11)8-7(13)9-10(15-8)18-12(3,4)17-9;1-5-6(4-10)11-8-7(5)12-9(2,3)13-8/h6-10,13H,5H2,1-4H3;4-8H,1-3H3/t6?,7-,8+,9+,10+;5-,6+,7+,8+/m00/s1. The van der Waals surface area contributed by atoms with Crippen LogP contribution in [-0.4, -0.2) is 84.6 Å². The molecule has 10 heteroatoms. The third kappa shape index (κ3) is 4.68. The van der Waals surface area contributed by atoms with Crippen molar-refractivity contribution in [3.05, 3.63) is 0 Å². The molecule has 10 nitrogen and oxygen atoms in total. The summed E-state index contributed by atoms with van der Waals surface area (Å²) in [5.41, 5.74) is 0. The molecule has 5 aliphatic rings. The highest BCUT2D eigenvalue weighted by atomic mass is 16.8. The molecule has 5 saturated heterocycles. The molecule has 5 rings (SSSR count). The molecule has 0 bridgehead atoms. The van der Waals surface area contributed by atoms with Crippen LogP contribution in [0.25, 0.3) is 0 Å². The number of rotatable bonds is 2. The number of carbonyl (C=O) groups is 1. The van der Waals surface area contributed by atoms with Crippen LogP contribution in [0, 0.1) is 5.92 Å². The van der Waals surface area contributed by atoms with Crippen molar-refractivity contribution in [2.45, 2.75) is 115 Å². The topological polar surface area (TPSA) is 111 Å². The van der Waals surface area contributed by atoms with E-state index < -0.39 is 42.0 Å². The molecule has 9 atom stereocenters. The zero-order chi connectivity index (χ0) is 22.8. The lowest BCUT2D eigenvalue weighted by molar-refractivity contribution is -0.232. The number of ether oxygens (including phenoxy) is 8. The summed E-state index contributed by atoms with van der Waals surface area (Å²) in [7, 11) is 0. The summed E-state index contributed by atoms with van der Waals surface area (Å²) in [6.07, 6.45) is -2.59. The second-order valence-corrected chi connectivity index (χ2v) is 9.99. The van der Waals surface area contributed by atoms with Crippen LogP contribution >= 0.6 is 0 Å². The highest BCUT2D eigenvalue weighted by Crippen LogP contribution is 2.41. The van der Waals surface area contributed by atoms with Crippen molar-refractivity contribution in [1.29, 1.82) is 0 Å². The van der Waals surface area contributed by atoms with Crippen LogP contribution in [0.2, 0.25) is 0 Å². The predicted molar refractivity (Wildman–Crippen MR) is 104 cm³/mol. The van der Waals surface area contributed by atoms with Crippen LogP contribution in [0.15, 0.2) is 0 Å². The SMILES string of the molecule is CC1(C)OCC([C@H]2O[C@@H]3OC(C)(C)O[C@@H]3[C@H]2O)O1.C[C@@H]1[C@H]2OC(C)(C)O[C@H]2O[C@@H]1C=O. The molecule has 5 aliphatic heterocycles. The summed E-state index contributed by atoms with van der Waals surface area (Å²) in [4.78, 5) is 10.6. The zero-order valence-electron chi connectivity index (χ0n) is 19.1. The minimum Gasteiger partial charge on any atom is -0.387 e. The molecule has 0 aromatic carbocycles. The van der Waals surface area contributed by atoms with Gasteiger partial charge in [0.25, 0.3) is 0 Å². The number of aliphatic hydroxyl groups is 1. The molecule has 178 valence electrons. The average molecular weight is 446 g/mol. The third-order valence-electron chi connectivity index (χ3n) is 6.00. The minimum atomic E-state index is -0.765. The molecule has 1 unspecified atom stereocenters. The number of hydrogen-bond donors (Lipinski definition) is 1. The van der Waals surface area contributed by atoms with E-state index in [1.807, 2.05) is 34.6 Å². The molecule has 5 heterocycles. The summed E-state index contributed by atoms with van der Waals surface area (Å²) in [6, 6.07) is 0. The quantitative estimate of drug-likeness (QED) is 0.619. The summed E-state index contributed by atoms with van der Waals surface area (Å²) in [5, 5.41) is 10.3. The molecule has 0 saturated carbocycles. The van der Waals surface area contributed by atoms with E-state index in [2.05, 4.69) is 0 Å². The first kappa shape index (κ1) is 23.5. The zero-order valence-corrected chi connectivity index (χ0v) is 19.1. The van der Waals surface area contributed by atoms with Gasteiger partial charge in [0, 0.05) is 5.92 Å². The second-order valence-electron chi connectivity index (χ2n) is 9.99. The van der Waals surface area contributed by atoms with Crippen LogP contribution in [0.1, 0.15) is 48.5 Å². The van der Waals surface area contributed by atoms with Gasteiger partial charge in [-0.3, -0.25) is 0 Å². The Morgan fingerprint density at radius 2 is 1.35 bits per heavy atom. The molecule has 31 heavy (non-hydrogen) atoms. The normalized spacial score (nSPS) is 48.7. The first-order valence-electron chi connectivity index (χ1n) is 10.8. The Hall–Kier alpha value is -0.690. The van der Waals surface area contributed by atoms with Crippen molar-refractivity contribution in [3.8, 4) is 0 Å². The van der Waals surface area contributed by atoms with Gasteiger partial charge in [-0.1, -0.05) is 6.92 Å². The molecule has 0 aromatic heterocycles. The lowest BCUT2D eigenvalue weighted by atomic mass is 10.0. The van der Waals surface area contributed by atoms with Crippen molar-refractivity contribution >= 4 is 6.29 Å². The van der Waals surface area contributed by atoms with Gasteiger partial charge in [0.15, 0.2) is 29.9 Å². The minimum absolute atomic E-state index is 0.0734. The molecular weight excluding hydrogens is 412 g/mol. The largest absolute Gasteiger partial charge is 0.387 e. The Kier molecular flexibility index (Phi) is 6.03. The van der Waals surface area contributed by atoms with Gasteiger partial charge in [-0.2, -0.15) is 0 Å². The molecule has 0 amide bonds. The number of fused-ring (bicyclic) bond motifs is 2. The maximum Gasteiger partial charge on any atom is 0.190 e. The van der Waals surface area contributed by atoms with E-state index in [-0.39, 0.29) is 30.5 Å². The molecular formula is C21H34O10. The van der Waals surface area contributed by atoms with Crippen LogP contribution in [-0.2, 0) is 42.7 Å². The van der Waals surface area contributed by atoms with Crippen molar-refractivity contribution in [2.24, 2.45) is 5.92 Å². The molecule has 0 aliphatic carbocycles. The van der Waals surface area contributed by atoms with E-state index in [0.717, 1.165) is 6.29 Å². The Bertz CT molecular complexity index is 679. The second kappa shape index (κ2) is 7.96. The van der Waals surface area contributed by atoms with Gasteiger partial charge < -0.3 is 47.8 Å². The smallest absolute Gasteiger partial charge is 0.190 e. The van der Waals surface area contributed by atoms with Gasteiger partial charge in [0.1, 0.15) is 42.9 Å².